The zero-order chi connectivity index (χ0) is 19.3. The van der Waals surface area contributed by atoms with E-state index in [0.29, 0.717) is 5.75 Å². The monoisotopic (exact) mass is 390 g/mol. The van der Waals surface area contributed by atoms with E-state index in [2.05, 4.69) is 38.8 Å². The lowest BCUT2D eigenvalue weighted by Crippen LogP contribution is -2.07. The van der Waals surface area contributed by atoms with Crippen molar-refractivity contribution in [2.45, 2.75) is 31.5 Å². The van der Waals surface area contributed by atoms with Gasteiger partial charge in [0.05, 0.1) is 5.75 Å². The maximum absolute atomic E-state index is 12.8. The molecule has 0 aliphatic carbocycles. The number of aromatic amines is 1. The number of aromatic nitrogens is 4. The third kappa shape index (κ3) is 3.87. The smallest absolute Gasteiger partial charge is 0.191 e. The van der Waals surface area contributed by atoms with Crippen LogP contribution < -0.4 is 0 Å². The summed E-state index contributed by atoms with van der Waals surface area (Å²) < 4.78 is 2.14. The Kier molecular flexibility index (Phi) is 5.58. The maximum Gasteiger partial charge on any atom is 0.191 e. The van der Waals surface area contributed by atoms with Crippen molar-refractivity contribution in [3.8, 4) is 0 Å². The lowest BCUT2D eigenvalue weighted by molar-refractivity contribution is 0.102. The molecule has 0 aliphatic heterocycles. The van der Waals surface area contributed by atoms with Crippen LogP contribution in [0.25, 0.3) is 10.9 Å². The number of para-hydroxylation sites is 1. The number of carbonyl (C=O) groups is 1. The Morgan fingerprint density at radius 1 is 1.07 bits per heavy atom. The summed E-state index contributed by atoms with van der Waals surface area (Å²) in [5.41, 5.74) is 2.92. The first kappa shape index (κ1) is 18.5. The minimum atomic E-state index is 0.0955. The Morgan fingerprint density at radius 3 is 2.68 bits per heavy atom. The molecule has 1 N–H and O–H groups in total. The summed E-state index contributed by atoms with van der Waals surface area (Å²) in [5, 5.41) is 10.5. The number of hydrogen-bond donors (Lipinski definition) is 1. The number of benzene rings is 2. The molecular weight excluding hydrogens is 368 g/mol. The zero-order valence-electron chi connectivity index (χ0n) is 15.8. The highest BCUT2D eigenvalue weighted by molar-refractivity contribution is 7.99. The molecular formula is C22H22N4OS. The van der Waals surface area contributed by atoms with Crippen molar-refractivity contribution in [2.75, 3.05) is 5.75 Å². The van der Waals surface area contributed by atoms with Crippen LogP contribution in [-0.2, 0) is 13.0 Å². The number of rotatable bonds is 8. The fourth-order valence-electron chi connectivity index (χ4n) is 3.29. The molecule has 0 fully saturated rings. The van der Waals surface area contributed by atoms with Crippen LogP contribution in [0, 0.1) is 0 Å². The van der Waals surface area contributed by atoms with Crippen LogP contribution in [0.2, 0.25) is 0 Å². The van der Waals surface area contributed by atoms with Gasteiger partial charge in [0.25, 0.3) is 0 Å². The molecule has 142 valence electrons. The third-order valence-corrected chi connectivity index (χ3v) is 5.63. The summed E-state index contributed by atoms with van der Waals surface area (Å²) in [6.45, 7) is 2.98. The van der Waals surface area contributed by atoms with Crippen LogP contribution in [-0.4, -0.2) is 31.3 Å². The lowest BCUT2D eigenvalue weighted by atomic mass is 10.1. The Morgan fingerprint density at radius 2 is 1.86 bits per heavy atom. The number of Topliss-reactive ketones (excluding diaryl/α,β-unsaturated/α-hetero) is 1. The van der Waals surface area contributed by atoms with Gasteiger partial charge in [-0.2, -0.15) is 0 Å². The van der Waals surface area contributed by atoms with E-state index in [9.17, 15) is 4.79 Å². The molecule has 2 aromatic heterocycles. The molecule has 4 aromatic rings. The van der Waals surface area contributed by atoms with Gasteiger partial charge in [-0.05, 0) is 18.1 Å². The molecule has 0 saturated carbocycles. The van der Waals surface area contributed by atoms with E-state index in [1.54, 1.807) is 6.20 Å². The molecule has 0 saturated heterocycles. The SMILES string of the molecule is CCCn1c(Cc2ccccc2)nnc1SCC(=O)c1c[nH]c2ccccc12. The van der Waals surface area contributed by atoms with Gasteiger partial charge >= 0.3 is 0 Å². The Labute approximate surface area is 168 Å². The molecule has 4 rings (SSSR count). The Bertz CT molecular complexity index is 1080. The number of carbonyl (C=O) groups excluding carboxylic acids is 1. The molecule has 5 nitrogen and oxygen atoms in total. The van der Waals surface area contributed by atoms with Crippen LogP contribution in [0.4, 0.5) is 0 Å². The van der Waals surface area contributed by atoms with E-state index >= 15 is 0 Å². The van der Waals surface area contributed by atoms with Crippen LogP contribution in [0.3, 0.4) is 0 Å². The molecule has 2 heterocycles. The van der Waals surface area contributed by atoms with Crippen molar-refractivity contribution in [3.63, 3.8) is 0 Å². The number of nitrogens with zero attached hydrogens (tertiary/aromatic N) is 3. The average molecular weight is 391 g/mol. The van der Waals surface area contributed by atoms with Gasteiger partial charge in [-0.25, -0.2) is 0 Å². The second-order valence-corrected chi connectivity index (χ2v) is 7.62. The van der Waals surface area contributed by atoms with Gasteiger partial charge < -0.3 is 9.55 Å². The summed E-state index contributed by atoms with van der Waals surface area (Å²) in [5.74, 6) is 1.38. The first-order valence-electron chi connectivity index (χ1n) is 9.44. The summed E-state index contributed by atoms with van der Waals surface area (Å²) in [6.07, 6.45) is 3.53. The average Bonchev–Trinajstić information content (AvgIpc) is 3.32. The summed E-state index contributed by atoms with van der Waals surface area (Å²) in [7, 11) is 0. The first-order chi connectivity index (χ1) is 13.8. The molecule has 6 heteroatoms. The van der Waals surface area contributed by atoms with Crippen molar-refractivity contribution in [1.82, 2.24) is 19.7 Å². The minimum absolute atomic E-state index is 0.0955. The van der Waals surface area contributed by atoms with Gasteiger partial charge in [0.1, 0.15) is 5.82 Å². The standard InChI is InChI=1S/C22H22N4OS/c1-2-12-26-21(13-16-8-4-3-5-9-16)24-25-22(26)28-15-20(27)18-14-23-19-11-7-6-10-17(18)19/h3-11,14,23H,2,12-13,15H2,1H3. The molecule has 2 aromatic carbocycles. The quantitative estimate of drug-likeness (QED) is 0.349. The number of ketones is 1. The topological polar surface area (TPSA) is 63.6 Å². The van der Waals surface area contributed by atoms with Crippen molar-refractivity contribution in [2.24, 2.45) is 0 Å². The van der Waals surface area contributed by atoms with Gasteiger partial charge in [-0.1, -0.05) is 67.2 Å². The normalized spacial score (nSPS) is 11.2. The van der Waals surface area contributed by atoms with E-state index in [-0.39, 0.29) is 5.78 Å². The van der Waals surface area contributed by atoms with Gasteiger partial charge in [0.2, 0.25) is 0 Å². The fourth-order valence-corrected chi connectivity index (χ4v) is 4.16. The van der Waals surface area contributed by atoms with Crippen LogP contribution in [0.1, 0.15) is 35.1 Å². The largest absolute Gasteiger partial charge is 0.360 e. The molecule has 0 amide bonds. The Balaban J connectivity index is 1.50. The highest BCUT2D eigenvalue weighted by Gasteiger charge is 2.16. The first-order valence-corrected chi connectivity index (χ1v) is 10.4. The minimum Gasteiger partial charge on any atom is -0.360 e. The van der Waals surface area contributed by atoms with E-state index in [1.807, 2.05) is 42.5 Å². The van der Waals surface area contributed by atoms with Gasteiger partial charge in [-0.3, -0.25) is 4.79 Å². The number of fused-ring (bicyclic) bond motifs is 1. The van der Waals surface area contributed by atoms with E-state index in [4.69, 9.17) is 0 Å². The van der Waals surface area contributed by atoms with Crippen molar-refractivity contribution >= 4 is 28.4 Å². The van der Waals surface area contributed by atoms with Crippen molar-refractivity contribution < 1.29 is 4.79 Å². The predicted octanol–water partition coefficient (Wildman–Crippen LogP) is 4.74. The molecule has 0 bridgehead atoms. The maximum atomic E-state index is 12.8. The van der Waals surface area contributed by atoms with E-state index in [0.717, 1.165) is 46.8 Å². The highest BCUT2D eigenvalue weighted by atomic mass is 32.2. The summed E-state index contributed by atoms with van der Waals surface area (Å²) in [6, 6.07) is 18.1. The predicted molar refractivity (Wildman–Crippen MR) is 113 cm³/mol. The second-order valence-electron chi connectivity index (χ2n) is 6.67. The number of nitrogens with one attached hydrogen (secondary N) is 1. The van der Waals surface area contributed by atoms with Gasteiger partial charge in [-0.15, -0.1) is 10.2 Å². The second kappa shape index (κ2) is 8.44. The molecule has 28 heavy (non-hydrogen) atoms. The van der Waals surface area contributed by atoms with Crippen LogP contribution >= 0.6 is 11.8 Å². The molecule has 0 unspecified atom stereocenters. The summed E-state index contributed by atoms with van der Waals surface area (Å²) in [4.78, 5) is 15.9. The highest BCUT2D eigenvalue weighted by Crippen LogP contribution is 2.23. The fraction of sp³-hybridized carbons (Fsp3) is 0.227. The van der Waals surface area contributed by atoms with Crippen molar-refractivity contribution in [3.05, 3.63) is 77.7 Å². The van der Waals surface area contributed by atoms with Crippen LogP contribution in [0.15, 0.2) is 66.0 Å². The van der Waals surface area contributed by atoms with E-state index < -0.39 is 0 Å². The van der Waals surface area contributed by atoms with E-state index in [1.165, 1.54) is 17.3 Å². The zero-order valence-corrected chi connectivity index (χ0v) is 16.6. The molecule has 0 spiro atoms. The summed E-state index contributed by atoms with van der Waals surface area (Å²) >= 11 is 1.46. The van der Waals surface area contributed by atoms with Crippen molar-refractivity contribution in [1.29, 1.82) is 0 Å². The molecule has 0 atom stereocenters. The third-order valence-electron chi connectivity index (χ3n) is 4.67. The number of hydrogen-bond acceptors (Lipinski definition) is 4. The molecule has 0 aliphatic rings. The van der Waals surface area contributed by atoms with Gasteiger partial charge in [0, 0.05) is 35.6 Å². The number of H-pyrrole nitrogens is 1. The molecule has 0 radical (unpaired) electrons. The van der Waals surface area contributed by atoms with Gasteiger partial charge in [0.15, 0.2) is 10.9 Å². The van der Waals surface area contributed by atoms with Crippen LogP contribution in [0.5, 0.6) is 0 Å². The Hall–Kier alpha value is -2.86. The number of thioether (sulfide) groups is 1. The lowest BCUT2D eigenvalue weighted by Gasteiger charge is -2.08.